The van der Waals surface area contributed by atoms with Gasteiger partial charge in [0.1, 0.15) is 5.82 Å². The van der Waals surface area contributed by atoms with E-state index in [-0.39, 0.29) is 11.9 Å². The predicted octanol–water partition coefficient (Wildman–Crippen LogP) is 1.96. The molecule has 2 fully saturated rings. The van der Waals surface area contributed by atoms with Crippen molar-refractivity contribution in [3.8, 4) is 0 Å². The minimum atomic E-state index is -0.397. The lowest BCUT2D eigenvalue weighted by molar-refractivity contribution is 0.0917. The molecule has 3 rings (SSSR count). The first-order valence-electron chi connectivity index (χ1n) is 6.88. The molecule has 1 amide bonds. The maximum atomic E-state index is 13.2. The van der Waals surface area contributed by atoms with Crippen LogP contribution < -0.4 is 16.2 Å². The zero-order valence-electron chi connectivity index (χ0n) is 11.0. The molecule has 1 saturated heterocycles. The molecule has 108 valence electrons. The third kappa shape index (κ3) is 2.87. The molecule has 0 bridgehead atoms. The summed E-state index contributed by atoms with van der Waals surface area (Å²) >= 11 is 3.29. The van der Waals surface area contributed by atoms with Gasteiger partial charge in [0.05, 0.1) is 5.56 Å². The zero-order valence-corrected chi connectivity index (χ0v) is 12.5. The lowest BCUT2D eigenvalue weighted by Gasteiger charge is -2.31. The van der Waals surface area contributed by atoms with Crippen LogP contribution in [0.4, 0.5) is 4.39 Å². The Morgan fingerprint density at radius 2 is 2.25 bits per heavy atom. The molecule has 2 aliphatic rings. The summed E-state index contributed by atoms with van der Waals surface area (Å²) in [6.07, 6.45) is 2.96. The van der Waals surface area contributed by atoms with E-state index in [2.05, 4.69) is 32.1 Å². The van der Waals surface area contributed by atoms with Crippen molar-refractivity contribution >= 4 is 21.8 Å². The molecule has 1 aromatic rings. The molecule has 1 saturated carbocycles. The first kappa shape index (κ1) is 14.0. The van der Waals surface area contributed by atoms with Gasteiger partial charge in [-0.25, -0.2) is 4.39 Å². The van der Waals surface area contributed by atoms with Gasteiger partial charge in [-0.1, -0.05) is 0 Å². The number of carbonyl (C=O) groups is 1. The van der Waals surface area contributed by atoms with Crippen molar-refractivity contribution in [1.82, 2.24) is 16.2 Å². The first-order valence-corrected chi connectivity index (χ1v) is 7.67. The second-order valence-corrected chi connectivity index (χ2v) is 6.35. The van der Waals surface area contributed by atoms with Crippen LogP contribution in [0.1, 0.15) is 29.6 Å². The Balaban J connectivity index is 1.65. The van der Waals surface area contributed by atoms with Gasteiger partial charge < -0.3 is 5.32 Å². The van der Waals surface area contributed by atoms with Crippen LogP contribution in [0.15, 0.2) is 22.7 Å². The maximum absolute atomic E-state index is 13.2. The fourth-order valence-corrected chi connectivity index (χ4v) is 3.49. The molecule has 1 aliphatic carbocycles. The first-order chi connectivity index (χ1) is 9.63. The summed E-state index contributed by atoms with van der Waals surface area (Å²) in [6, 6.07) is 4.85. The fourth-order valence-electron chi connectivity index (χ4n) is 3.07. The van der Waals surface area contributed by atoms with E-state index < -0.39 is 5.82 Å². The van der Waals surface area contributed by atoms with E-state index in [4.69, 9.17) is 0 Å². The molecule has 3 atom stereocenters. The smallest absolute Gasteiger partial charge is 0.252 e. The highest BCUT2D eigenvalue weighted by Gasteiger charge is 2.34. The van der Waals surface area contributed by atoms with E-state index in [1.165, 1.54) is 12.1 Å². The number of amides is 1. The molecule has 0 aromatic heterocycles. The molecule has 1 heterocycles. The summed E-state index contributed by atoms with van der Waals surface area (Å²) in [6.45, 7) is 0.945. The molecule has 3 N–H and O–H groups in total. The fraction of sp³-hybridized carbons (Fsp3) is 0.500. The van der Waals surface area contributed by atoms with Crippen molar-refractivity contribution in [2.24, 2.45) is 5.92 Å². The average Bonchev–Trinajstić information content (AvgIpc) is 2.89. The van der Waals surface area contributed by atoms with Gasteiger partial charge in [0.25, 0.3) is 5.91 Å². The van der Waals surface area contributed by atoms with Crippen LogP contribution in [-0.2, 0) is 0 Å². The molecule has 6 heteroatoms. The minimum Gasteiger partial charge on any atom is -0.349 e. The van der Waals surface area contributed by atoms with Gasteiger partial charge in [0.15, 0.2) is 0 Å². The Hall–Kier alpha value is -0.980. The number of halogens is 2. The lowest BCUT2D eigenvalue weighted by Crippen LogP contribution is -2.44. The van der Waals surface area contributed by atoms with Crippen molar-refractivity contribution in [2.45, 2.75) is 31.3 Å². The maximum Gasteiger partial charge on any atom is 0.252 e. The van der Waals surface area contributed by atoms with Gasteiger partial charge in [-0.3, -0.25) is 15.6 Å². The molecular weight excluding hydrogens is 325 g/mol. The predicted molar refractivity (Wildman–Crippen MR) is 77.6 cm³/mol. The summed E-state index contributed by atoms with van der Waals surface area (Å²) in [7, 11) is 0. The van der Waals surface area contributed by atoms with Gasteiger partial charge in [-0.05, 0) is 59.3 Å². The highest BCUT2D eigenvalue weighted by molar-refractivity contribution is 9.10. The van der Waals surface area contributed by atoms with Crippen molar-refractivity contribution < 1.29 is 9.18 Å². The third-order valence-electron chi connectivity index (χ3n) is 4.14. The second kappa shape index (κ2) is 5.79. The monoisotopic (exact) mass is 341 g/mol. The average molecular weight is 342 g/mol. The summed E-state index contributed by atoms with van der Waals surface area (Å²) in [5, 5.41) is 3.02. The van der Waals surface area contributed by atoms with E-state index in [0.29, 0.717) is 22.0 Å². The number of nitrogens with one attached hydrogen (secondary N) is 3. The van der Waals surface area contributed by atoms with Gasteiger partial charge >= 0.3 is 0 Å². The number of hydrogen-bond acceptors (Lipinski definition) is 3. The molecule has 1 aliphatic heterocycles. The van der Waals surface area contributed by atoms with E-state index in [1.807, 2.05) is 0 Å². The number of fused-ring (bicyclic) bond motifs is 1. The zero-order chi connectivity index (χ0) is 14.1. The largest absolute Gasteiger partial charge is 0.349 e. The van der Waals surface area contributed by atoms with Crippen LogP contribution in [0, 0.1) is 11.7 Å². The molecule has 0 spiro atoms. The summed E-state index contributed by atoms with van der Waals surface area (Å²) in [4.78, 5) is 12.2. The quantitative estimate of drug-likeness (QED) is 0.770. The van der Waals surface area contributed by atoms with E-state index >= 15 is 0 Å². The Kier molecular flexibility index (Phi) is 4.05. The van der Waals surface area contributed by atoms with Gasteiger partial charge in [-0.15, -0.1) is 0 Å². The van der Waals surface area contributed by atoms with Crippen LogP contribution in [0.3, 0.4) is 0 Å². The lowest BCUT2D eigenvalue weighted by atomic mass is 9.83. The molecular formula is C14H17BrFN3O. The summed E-state index contributed by atoms with van der Waals surface area (Å²) in [5.74, 6) is -0.0463. The van der Waals surface area contributed by atoms with E-state index in [9.17, 15) is 9.18 Å². The van der Waals surface area contributed by atoms with Crippen molar-refractivity contribution in [3.05, 3.63) is 34.1 Å². The van der Waals surface area contributed by atoms with E-state index in [0.717, 1.165) is 25.8 Å². The van der Waals surface area contributed by atoms with Crippen molar-refractivity contribution in [2.75, 3.05) is 6.54 Å². The van der Waals surface area contributed by atoms with Gasteiger partial charge in [-0.2, -0.15) is 0 Å². The van der Waals surface area contributed by atoms with Crippen LogP contribution in [0.5, 0.6) is 0 Å². The van der Waals surface area contributed by atoms with E-state index in [1.54, 1.807) is 6.07 Å². The molecule has 3 unspecified atom stereocenters. The highest BCUT2D eigenvalue weighted by atomic mass is 79.9. The second-order valence-electron chi connectivity index (χ2n) is 5.50. The van der Waals surface area contributed by atoms with Crippen molar-refractivity contribution in [1.29, 1.82) is 0 Å². The number of rotatable bonds is 2. The van der Waals surface area contributed by atoms with Crippen LogP contribution in [0.25, 0.3) is 0 Å². The van der Waals surface area contributed by atoms with Crippen LogP contribution >= 0.6 is 15.9 Å². The Labute approximate surface area is 125 Å². The van der Waals surface area contributed by atoms with Crippen LogP contribution in [0.2, 0.25) is 0 Å². The molecule has 4 nitrogen and oxygen atoms in total. The van der Waals surface area contributed by atoms with Gasteiger partial charge in [0, 0.05) is 23.1 Å². The number of carbonyl (C=O) groups excluding carboxylic acids is 1. The standard InChI is InChI=1S/C14H17BrFN3O/c15-12-3-1-9(16)6-11(12)14(20)18-10-2-4-13-8(5-10)7-17-19-13/h1,3,6,8,10,13,17,19H,2,4-5,7H2,(H,18,20). The van der Waals surface area contributed by atoms with Crippen LogP contribution in [-0.4, -0.2) is 24.5 Å². The Morgan fingerprint density at radius 3 is 3.10 bits per heavy atom. The highest BCUT2D eigenvalue weighted by Crippen LogP contribution is 2.27. The SMILES string of the molecule is O=C(NC1CCC2NNCC2C1)c1cc(F)ccc1Br. The molecule has 1 aromatic carbocycles. The summed E-state index contributed by atoms with van der Waals surface area (Å²) in [5.41, 5.74) is 6.78. The van der Waals surface area contributed by atoms with Crippen molar-refractivity contribution in [3.63, 3.8) is 0 Å². The minimum absolute atomic E-state index is 0.167. The molecule has 0 radical (unpaired) electrons. The van der Waals surface area contributed by atoms with Gasteiger partial charge in [0.2, 0.25) is 0 Å². The topological polar surface area (TPSA) is 53.2 Å². The number of hydrazine groups is 1. The third-order valence-corrected chi connectivity index (χ3v) is 4.83. The number of hydrogen-bond donors (Lipinski definition) is 3. The Morgan fingerprint density at radius 1 is 1.40 bits per heavy atom. The number of benzene rings is 1. The summed E-state index contributed by atoms with van der Waals surface area (Å²) < 4.78 is 13.9. The normalized spacial score (nSPS) is 29.0. The molecule has 20 heavy (non-hydrogen) atoms. The Bertz CT molecular complexity index is 525.